The highest BCUT2D eigenvalue weighted by atomic mass is 19.1. The maximum atomic E-state index is 15.2. The van der Waals surface area contributed by atoms with E-state index in [1.807, 2.05) is 64.1 Å². The highest BCUT2D eigenvalue weighted by Crippen LogP contribution is 2.47. The van der Waals surface area contributed by atoms with Gasteiger partial charge < -0.3 is 18.9 Å². The van der Waals surface area contributed by atoms with Crippen molar-refractivity contribution in [2.45, 2.75) is 85.7 Å². The fourth-order valence-corrected chi connectivity index (χ4v) is 6.48. The Hall–Kier alpha value is -4.79. The Balaban J connectivity index is 2.07. The first-order chi connectivity index (χ1) is 24.3. The molecule has 9 heteroatoms. The van der Waals surface area contributed by atoms with Gasteiger partial charge in [0.1, 0.15) is 6.67 Å². The first-order valence-corrected chi connectivity index (χ1v) is 17.8. The molecule has 8 nitrogen and oxygen atoms in total. The molecule has 0 fully saturated rings. The van der Waals surface area contributed by atoms with Crippen LogP contribution < -0.4 is 0 Å². The highest BCUT2D eigenvalue weighted by molar-refractivity contribution is 6.40. The summed E-state index contributed by atoms with van der Waals surface area (Å²) in [6, 6.07) is 12.9. The minimum atomic E-state index is -1.06. The highest BCUT2D eigenvalue weighted by Gasteiger charge is 2.37. The molecule has 0 bridgehead atoms. The number of fused-ring (bicyclic) bond motifs is 2. The molecule has 0 aliphatic rings. The lowest BCUT2D eigenvalue weighted by Gasteiger charge is -2.24. The third kappa shape index (κ3) is 6.96. The second-order valence-electron chi connectivity index (χ2n) is 12.5. The molecule has 50 heavy (non-hydrogen) atoms. The zero-order chi connectivity index (χ0) is 35.8. The van der Waals surface area contributed by atoms with Gasteiger partial charge in [0.05, 0.1) is 48.7 Å². The molecule has 0 unspecified atom stereocenters. The maximum absolute atomic E-state index is 15.2. The van der Waals surface area contributed by atoms with Crippen LogP contribution >= 0.6 is 0 Å². The van der Waals surface area contributed by atoms with Crippen LogP contribution in [0.5, 0.6) is 0 Å². The minimum Gasteiger partial charge on any atom is -0.462 e. The zero-order valence-electron chi connectivity index (χ0n) is 29.4. The van der Waals surface area contributed by atoms with Gasteiger partial charge in [0.25, 0.3) is 0 Å². The van der Waals surface area contributed by atoms with Crippen LogP contribution in [-0.2, 0) is 25.6 Å². The van der Waals surface area contributed by atoms with Gasteiger partial charge in [-0.1, -0.05) is 89.8 Å². The van der Waals surface area contributed by atoms with Crippen LogP contribution in [0.1, 0.15) is 126 Å². The summed E-state index contributed by atoms with van der Waals surface area (Å²) in [5.74, 6) is -3.53. The molecular formula is C41H45FO8. The molecule has 0 aliphatic carbocycles. The van der Waals surface area contributed by atoms with Crippen molar-refractivity contribution < 1.29 is 42.5 Å². The quantitative estimate of drug-likeness (QED) is 0.0313. The van der Waals surface area contributed by atoms with Crippen LogP contribution in [0, 0.1) is 0 Å². The van der Waals surface area contributed by atoms with Crippen LogP contribution in [0.3, 0.4) is 0 Å². The molecule has 0 atom stereocenters. The zero-order valence-corrected chi connectivity index (χ0v) is 29.4. The molecule has 0 amide bonds. The normalized spacial score (nSPS) is 11.5. The summed E-state index contributed by atoms with van der Waals surface area (Å²) in [5.41, 5.74) is -1.06. The number of ether oxygens (including phenoxy) is 4. The summed E-state index contributed by atoms with van der Waals surface area (Å²) in [5, 5.41) is 4.10. The predicted octanol–water partition coefficient (Wildman–Crippen LogP) is 10.0. The van der Waals surface area contributed by atoms with E-state index in [1.54, 1.807) is 6.07 Å². The fraction of sp³-hybridized carbons (Fsp3) is 0.415. The topological polar surface area (TPSA) is 105 Å². The molecule has 5 aromatic carbocycles. The molecule has 0 aromatic heterocycles. The van der Waals surface area contributed by atoms with Gasteiger partial charge in [0.15, 0.2) is 0 Å². The van der Waals surface area contributed by atoms with Crippen molar-refractivity contribution >= 4 is 67.0 Å². The van der Waals surface area contributed by atoms with E-state index >= 15 is 4.39 Å². The van der Waals surface area contributed by atoms with E-state index in [0.29, 0.717) is 47.2 Å². The molecule has 0 spiro atoms. The van der Waals surface area contributed by atoms with Crippen LogP contribution in [0.4, 0.5) is 4.39 Å². The third-order valence-electron chi connectivity index (χ3n) is 9.01. The van der Waals surface area contributed by atoms with Crippen LogP contribution in [0.2, 0.25) is 0 Å². The number of halogens is 1. The second-order valence-corrected chi connectivity index (χ2v) is 12.5. The molecular weight excluding hydrogens is 639 g/mol. The van der Waals surface area contributed by atoms with Gasteiger partial charge >= 0.3 is 23.9 Å². The Labute approximate surface area is 291 Å². The van der Waals surface area contributed by atoms with Crippen molar-refractivity contribution in [3.05, 3.63) is 70.3 Å². The molecule has 5 rings (SSSR count). The number of benzene rings is 5. The number of hydrogen-bond acceptors (Lipinski definition) is 8. The van der Waals surface area contributed by atoms with E-state index in [9.17, 15) is 19.2 Å². The van der Waals surface area contributed by atoms with E-state index in [1.165, 1.54) is 0 Å². The second kappa shape index (κ2) is 16.7. The Bertz CT molecular complexity index is 2030. The molecule has 0 saturated carbocycles. The van der Waals surface area contributed by atoms with Gasteiger partial charge in [-0.15, -0.1) is 0 Å². The van der Waals surface area contributed by atoms with Gasteiger partial charge in [0.2, 0.25) is 0 Å². The Kier molecular flexibility index (Phi) is 12.2. The SMILES string of the molecule is CCCCOC(=O)c1c(C(=O)OCCCC)c2c(C(=O)OCCCC)c(CF)cc3c4cccc5cccc(c(c1C(=O)OCCCC)c23)c54. The number of hydrogen-bond donors (Lipinski definition) is 0. The van der Waals surface area contributed by atoms with Gasteiger partial charge in [-0.05, 0) is 64.2 Å². The largest absolute Gasteiger partial charge is 0.462 e. The summed E-state index contributed by atoms with van der Waals surface area (Å²) in [7, 11) is 0. The molecule has 0 N–H and O–H groups in total. The lowest BCUT2D eigenvalue weighted by atomic mass is 9.80. The Morgan fingerprint density at radius 2 is 0.940 bits per heavy atom. The van der Waals surface area contributed by atoms with E-state index in [4.69, 9.17) is 18.9 Å². The number of rotatable bonds is 17. The van der Waals surface area contributed by atoms with Crippen molar-refractivity contribution in [2.75, 3.05) is 26.4 Å². The summed E-state index contributed by atoms with van der Waals surface area (Å²) >= 11 is 0. The standard InChI is InChI=1S/C41H45FO8/c1-5-9-19-47-38(43)31-26(24-42)23-29-27-17-13-15-25-16-14-18-28(30(25)27)32-33(29)34(31)36(40(45)49-21-11-7-3)37(41(46)50-22-12-8-4)35(32)39(44)48-20-10-6-2/h13-18,23H,5-12,19-22,24H2,1-4H3. The third-order valence-corrected chi connectivity index (χ3v) is 9.01. The van der Waals surface area contributed by atoms with Crippen molar-refractivity contribution in [3.8, 4) is 0 Å². The number of esters is 4. The monoisotopic (exact) mass is 684 g/mol. The van der Waals surface area contributed by atoms with Crippen molar-refractivity contribution in [2.24, 2.45) is 0 Å². The first kappa shape index (κ1) is 36.5. The molecule has 5 aromatic rings. The van der Waals surface area contributed by atoms with E-state index in [-0.39, 0.29) is 59.6 Å². The van der Waals surface area contributed by atoms with Crippen molar-refractivity contribution in [1.82, 2.24) is 0 Å². The lowest BCUT2D eigenvalue weighted by molar-refractivity contribution is 0.0434. The van der Waals surface area contributed by atoms with Gasteiger partial charge in [-0.2, -0.15) is 0 Å². The summed E-state index contributed by atoms with van der Waals surface area (Å²) in [4.78, 5) is 57.2. The molecule has 0 saturated heterocycles. The lowest BCUT2D eigenvalue weighted by Crippen LogP contribution is -2.23. The summed E-state index contributed by atoms with van der Waals surface area (Å²) in [6.07, 6.45) is 5.17. The molecule has 0 heterocycles. The smallest absolute Gasteiger partial charge is 0.339 e. The maximum Gasteiger partial charge on any atom is 0.339 e. The Morgan fingerprint density at radius 3 is 1.42 bits per heavy atom. The van der Waals surface area contributed by atoms with Crippen LogP contribution in [0.15, 0.2) is 42.5 Å². The average molecular weight is 685 g/mol. The minimum absolute atomic E-state index is 0.00722. The van der Waals surface area contributed by atoms with E-state index in [0.717, 1.165) is 41.8 Å². The number of unbranched alkanes of at least 4 members (excludes halogenated alkanes) is 4. The number of alkyl halides is 1. The molecule has 0 aliphatic heterocycles. The van der Waals surface area contributed by atoms with Crippen LogP contribution in [-0.4, -0.2) is 50.3 Å². The molecule has 264 valence electrons. The Morgan fingerprint density at radius 1 is 0.500 bits per heavy atom. The van der Waals surface area contributed by atoms with Gasteiger partial charge in [0, 0.05) is 16.2 Å². The van der Waals surface area contributed by atoms with Gasteiger partial charge in [-0.25, -0.2) is 23.6 Å². The number of carbonyl (C=O) groups is 4. The first-order valence-electron chi connectivity index (χ1n) is 17.8. The van der Waals surface area contributed by atoms with Gasteiger partial charge in [-0.3, -0.25) is 0 Å². The average Bonchev–Trinajstić information content (AvgIpc) is 3.12. The van der Waals surface area contributed by atoms with Crippen LogP contribution in [0.25, 0.3) is 43.1 Å². The van der Waals surface area contributed by atoms with E-state index < -0.39 is 30.6 Å². The van der Waals surface area contributed by atoms with E-state index in [2.05, 4.69) is 0 Å². The fourth-order valence-electron chi connectivity index (χ4n) is 6.48. The summed E-state index contributed by atoms with van der Waals surface area (Å²) < 4.78 is 38.2. The predicted molar refractivity (Wildman–Crippen MR) is 193 cm³/mol. The number of carbonyl (C=O) groups excluding carboxylic acids is 4. The molecule has 0 radical (unpaired) electrons. The van der Waals surface area contributed by atoms with Crippen molar-refractivity contribution in [3.63, 3.8) is 0 Å². The van der Waals surface area contributed by atoms with Crippen molar-refractivity contribution in [1.29, 1.82) is 0 Å². The summed E-state index contributed by atoms with van der Waals surface area (Å²) in [6.45, 7) is 6.93.